The lowest BCUT2D eigenvalue weighted by Gasteiger charge is -2.23. The Morgan fingerprint density at radius 2 is 1.71 bits per heavy atom. The van der Waals surface area contributed by atoms with Gasteiger partial charge < -0.3 is 10.6 Å². The van der Waals surface area contributed by atoms with E-state index in [1.165, 1.54) is 0 Å². The van der Waals surface area contributed by atoms with E-state index in [2.05, 4.69) is 5.32 Å². The topological polar surface area (TPSA) is 41.1 Å². The number of hydrogen-bond donors (Lipinski definition) is 2. The van der Waals surface area contributed by atoms with Crippen LogP contribution in [-0.2, 0) is 4.79 Å². The van der Waals surface area contributed by atoms with Gasteiger partial charge in [-0.25, -0.2) is 0 Å². The maximum absolute atomic E-state index is 12.1. The fourth-order valence-electron chi connectivity index (χ4n) is 1.55. The minimum Gasteiger partial charge on any atom is -0.351 e. The zero-order chi connectivity index (χ0) is 13.3. The van der Waals surface area contributed by atoms with Crippen molar-refractivity contribution in [3.05, 3.63) is 0 Å². The molecule has 1 fully saturated rings. The molecule has 0 aromatic heterocycles. The average Bonchev–Trinajstić information content (AvgIpc) is 2.49. The number of carbonyl (C=O) groups is 1. The second-order valence-electron chi connectivity index (χ2n) is 3.71. The molecule has 1 rings (SSSR count). The second-order valence-corrected chi connectivity index (χ2v) is 3.71. The molecule has 1 aliphatic heterocycles. The Bertz CT molecular complexity index is 267. The normalized spacial score (nSPS) is 21.9. The van der Waals surface area contributed by atoms with Crippen LogP contribution in [0.2, 0.25) is 0 Å². The number of amides is 1. The summed E-state index contributed by atoms with van der Waals surface area (Å²) >= 11 is 0. The lowest BCUT2D eigenvalue weighted by molar-refractivity contribution is -0.274. The fourth-order valence-corrected chi connectivity index (χ4v) is 1.55. The molecule has 0 radical (unpaired) electrons. The van der Waals surface area contributed by atoms with E-state index in [4.69, 9.17) is 0 Å². The smallest absolute Gasteiger partial charge is 0.351 e. The summed E-state index contributed by atoms with van der Waals surface area (Å²) in [5.74, 6) is -6.01. The molecule has 0 aromatic rings. The minimum absolute atomic E-state index is 0.175. The molecule has 0 saturated carbocycles. The summed E-state index contributed by atoms with van der Waals surface area (Å²) in [6.07, 6.45) is -10.9. The van der Waals surface area contributed by atoms with Crippen LogP contribution in [0.25, 0.3) is 0 Å². The Kier molecular flexibility index (Phi) is 3.90. The van der Waals surface area contributed by atoms with Crippen molar-refractivity contribution in [3.8, 4) is 0 Å². The highest BCUT2D eigenvalue weighted by Gasteiger charge is 2.61. The standard InChI is InChI=1S/C8H10F6N2O/c9-7(10,11)5(8(12,13)14)6(17)16-4-1-2-15-3-4/h4-5,15H,1-3H2,(H,16,17). The van der Waals surface area contributed by atoms with Crippen molar-refractivity contribution >= 4 is 5.91 Å². The van der Waals surface area contributed by atoms with Crippen molar-refractivity contribution in [2.45, 2.75) is 24.8 Å². The van der Waals surface area contributed by atoms with Gasteiger partial charge in [-0.15, -0.1) is 0 Å². The Balaban J connectivity index is 2.73. The van der Waals surface area contributed by atoms with Crippen LogP contribution in [0, 0.1) is 5.92 Å². The van der Waals surface area contributed by atoms with E-state index in [1.54, 1.807) is 5.32 Å². The molecule has 9 heteroatoms. The van der Waals surface area contributed by atoms with Crippen molar-refractivity contribution in [2.24, 2.45) is 5.92 Å². The number of halogens is 6. The molecule has 17 heavy (non-hydrogen) atoms. The van der Waals surface area contributed by atoms with Crippen LogP contribution in [0.5, 0.6) is 0 Å². The quantitative estimate of drug-likeness (QED) is 0.736. The summed E-state index contributed by atoms with van der Waals surface area (Å²) in [6.45, 7) is 0.627. The molecule has 0 spiro atoms. The zero-order valence-electron chi connectivity index (χ0n) is 8.45. The summed E-state index contributed by atoms with van der Waals surface area (Å²) in [5, 5.41) is 4.47. The maximum Gasteiger partial charge on any atom is 0.409 e. The molecule has 2 N–H and O–H groups in total. The van der Waals surface area contributed by atoms with Crippen LogP contribution < -0.4 is 10.6 Å². The molecule has 0 bridgehead atoms. The molecule has 100 valence electrons. The molecule has 3 nitrogen and oxygen atoms in total. The highest BCUT2D eigenvalue weighted by Crippen LogP contribution is 2.39. The predicted molar refractivity (Wildman–Crippen MR) is 45.0 cm³/mol. The Morgan fingerprint density at radius 3 is 2.06 bits per heavy atom. The van der Waals surface area contributed by atoms with Crippen LogP contribution in [0.1, 0.15) is 6.42 Å². The largest absolute Gasteiger partial charge is 0.409 e. The lowest BCUT2D eigenvalue weighted by Crippen LogP contribution is -2.50. The third kappa shape index (κ3) is 3.76. The first kappa shape index (κ1) is 14.1. The highest BCUT2D eigenvalue weighted by atomic mass is 19.4. The predicted octanol–water partition coefficient (Wildman–Crippen LogP) is 1.21. The van der Waals surface area contributed by atoms with Gasteiger partial charge in [0.15, 0.2) is 0 Å². The number of carbonyl (C=O) groups excluding carboxylic acids is 1. The van der Waals surface area contributed by atoms with Gasteiger partial charge in [0, 0.05) is 12.6 Å². The van der Waals surface area contributed by atoms with Crippen LogP contribution in [0.4, 0.5) is 26.3 Å². The molecule has 1 atom stereocenters. The Morgan fingerprint density at radius 1 is 1.18 bits per heavy atom. The van der Waals surface area contributed by atoms with Crippen LogP contribution in [0.15, 0.2) is 0 Å². The van der Waals surface area contributed by atoms with E-state index >= 15 is 0 Å². The van der Waals surface area contributed by atoms with E-state index in [9.17, 15) is 31.1 Å². The Labute approximate surface area is 92.5 Å². The molecule has 1 amide bonds. The third-order valence-electron chi connectivity index (χ3n) is 2.32. The first-order chi connectivity index (χ1) is 7.62. The molecule has 1 heterocycles. The molecule has 0 aromatic carbocycles. The summed E-state index contributed by atoms with van der Waals surface area (Å²) in [7, 11) is 0. The molecule has 1 aliphatic rings. The van der Waals surface area contributed by atoms with Gasteiger partial charge >= 0.3 is 12.4 Å². The second kappa shape index (κ2) is 4.71. The van der Waals surface area contributed by atoms with Gasteiger partial charge in [-0.05, 0) is 13.0 Å². The van der Waals surface area contributed by atoms with Crippen LogP contribution in [0.3, 0.4) is 0 Å². The molecule has 1 saturated heterocycles. The van der Waals surface area contributed by atoms with Crippen molar-refractivity contribution < 1.29 is 31.1 Å². The van der Waals surface area contributed by atoms with E-state index in [1.807, 2.05) is 0 Å². The maximum atomic E-state index is 12.1. The van der Waals surface area contributed by atoms with Gasteiger partial charge in [-0.2, -0.15) is 26.3 Å². The summed E-state index contributed by atoms with van der Waals surface area (Å²) in [4.78, 5) is 11.0. The summed E-state index contributed by atoms with van der Waals surface area (Å²) in [5.41, 5.74) is 0. The van der Waals surface area contributed by atoms with Crippen LogP contribution >= 0.6 is 0 Å². The highest BCUT2D eigenvalue weighted by molar-refractivity contribution is 5.80. The van der Waals surface area contributed by atoms with Crippen molar-refractivity contribution in [1.29, 1.82) is 0 Å². The first-order valence-electron chi connectivity index (χ1n) is 4.77. The summed E-state index contributed by atoms with van der Waals surface area (Å²) < 4.78 is 72.9. The van der Waals surface area contributed by atoms with Gasteiger partial charge in [0.1, 0.15) is 0 Å². The van der Waals surface area contributed by atoms with E-state index in [0.29, 0.717) is 13.0 Å². The third-order valence-corrected chi connectivity index (χ3v) is 2.32. The average molecular weight is 264 g/mol. The van der Waals surface area contributed by atoms with Gasteiger partial charge in [-0.1, -0.05) is 0 Å². The lowest BCUT2D eigenvalue weighted by atomic mass is 10.1. The van der Waals surface area contributed by atoms with Gasteiger partial charge in [0.05, 0.1) is 0 Å². The minimum atomic E-state index is -5.63. The molecule has 1 unspecified atom stereocenters. The Hall–Kier alpha value is -0.990. The van der Waals surface area contributed by atoms with E-state index in [-0.39, 0.29) is 6.54 Å². The summed E-state index contributed by atoms with van der Waals surface area (Å²) in [6, 6.07) is -0.685. The fraction of sp³-hybridized carbons (Fsp3) is 0.875. The first-order valence-corrected chi connectivity index (χ1v) is 4.77. The zero-order valence-corrected chi connectivity index (χ0v) is 8.45. The monoisotopic (exact) mass is 264 g/mol. The van der Waals surface area contributed by atoms with Crippen molar-refractivity contribution in [3.63, 3.8) is 0 Å². The molecule has 0 aliphatic carbocycles. The molecular formula is C8H10F6N2O. The van der Waals surface area contributed by atoms with Crippen molar-refractivity contribution in [2.75, 3.05) is 13.1 Å². The van der Waals surface area contributed by atoms with Crippen LogP contribution in [-0.4, -0.2) is 37.4 Å². The number of alkyl halides is 6. The molecular weight excluding hydrogens is 254 g/mol. The number of rotatable bonds is 2. The van der Waals surface area contributed by atoms with Gasteiger partial charge in [0.2, 0.25) is 11.8 Å². The number of hydrogen-bond acceptors (Lipinski definition) is 2. The van der Waals surface area contributed by atoms with E-state index in [0.717, 1.165) is 0 Å². The number of nitrogens with one attached hydrogen (secondary N) is 2. The van der Waals surface area contributed by atoms with E-state index < -0.39 is 30.2 Å². The van der Waals surface area contributed by atoms with Gasteiger partial charge in [-0.3, -0.25) is 4.79 Å². The SMILES string of the molecule is O=C(NC1CCNC1)C(C(F)(F)F)C(F)(F)F. The van der Waals surface area contributed by atoms with Crippen molar-refractivity contribution in [1.82, 2.24) is 10.6 Å². The van der Waals surface area contributed by atoms with Gasteiger partial charge in [0.25, 0.3) is 0 Å².